The van der Waals surface area contributed by atoms with Gasteiger partial charge in [0.25, 0.3) is 0 Å². The Balaban J connectivity index is 2.39. The summed E-state index contributed by atoms with van der Waals surface area (Å²) in [5.41, 5.74) is 0. The maximum Gasteiger partial charge on any atom is 0.305 e. The normalized spacial score (nSPS) is 22.8. The van der Waals surface area contributed by atoms with Gasteiger partial charge in [-0.05, 0) is 12.8 Å². The van der Waals surface area contributed by atoms with Crippen molar-refractivity contribution in [1.29, 1.82) is 0 Å². The minimum atomic E-state index is -3.54. The number of hydrogen-bond acceptors (Lipinski definition) is 6. The highest BCUT2D eigenvalue weighted by atomic mass is 32.2. The van der Waals surface area contributed by atoms with Crippen LogP contribution in [0.4, 0.5) is 0 Å². The van der Waals surface area contributed by atoms with Gasteiger partial charge in [0.15, 0.2) is 9.84 Å². The summed E-state index contributed by atoms with van der Waals surface area (Å²) >= 11 is 0. The summed E-state index contributed by atoms with van der Waals surface area (Å²) < 4.78 is 52.3. The number of rotatable bonds is 6. The van der Waals surface area contributed by atoms with Gasteiger partial charge in [-0.25, -0.2) is 21.6 Å². The van der Waals surface area contributed by atoms with Gasteiger partial charge in [0.2, 0.25) is 10.0 Å². The molecular weight excluding hydrogens is 282 g/mol. The van der Waals surface area contributed by atoms with Crippen LogP contribution >= 0.6 is 0 Å². The number of esters is 1. The minimum absolute atomic E-state index is 0.0162. The third kappa shape index (κ3) is 5.32. The van der Waals surface area contributed by atoms with E-state index in [2.05, 4.69) is 9.46 Å². The summed E-state index contributed by atoms with van der Waals surface area (Å²) in [6, 6.07) is -0.543. The Labute approximate surface area is 107 Å². The molecule has 0 spiro atoms. The van der Waals surface area contributed by atoms with Gasteiger partial charge >= 0.3 is 5.97 Å². The molecule has 1 unspecified atom stereocenters. The molecule has 0 bridgehead atoms. The van der Waals surface area contributed by atoms with Crippen molar-refractivity contribution in [1.82, 2.24) is 4.72 Å². The molecule has 1 atom stereocenters. The number of sulfonamides is 1. The van der Waals surface area contributed by atoms with Crippen LogP contribution in [0.1, 0.15) is 19.3 Å². The molecule has 0 aromatic carbocycles. The van der Waals surface area contributed by atoms with Crippen LogP contribution in [-0.2, 0) is 29.4 Å². The average Bonchev–Trinajstić information content (AvgIpc) is 2.56. The largest absolute Gasteiger partial charge is 0.469 e. The van der Waals surface area contributed by atoms with Crippen LogP contribution < -0.4 is 4.72 Å². The van der Waals surface area contributed by atoms with E-state index in [1.165, 1.54) is 7.11 Å². The van der Waals surface area contributed by atoms with Gasteiger partial charge in [0, 0.05) is 12.5 Å². The zero-order chi connectivity index (χ0) is 13.8. The maximum atomic E-state index is 11.6. The Hall–Kier alpha value is -0.670. The van der Waals surface area contributed by atoms with Crippen molar-refractivity contribution in [3.63, 3.8) is 0 Å². The number of ether oxygens (including phenoxy) is 1. The third-order valence-electron chi connectivity index (χ3n) is 2.60. The van der Waals surface area contributed by atoms with Gasteiger partial charge in [-0.15, -0.1) is 0 Å². The lowest BCUT2D eigenvalue weighted by atomic mass is 10.3. The first-order valence-electron chi connectivity index (χ1n) is 5.51. The summed E-state index contributed by atoms with van der Waals surface area (Å²) in [5.74, 6) is -0.807. The van der Waals surface area contributed by atoms with Crippen molar-refractivity contribution in [2.45, 2.75) is 25.3 Å². The molecule has 9 heteroatoms. The highest BCUT2D eigenvalue weighted by Gasteiger charge is 2.30. The average molecular weight is 299 g/mol. The van der Waals surface area contributed by atoms with E-state index < -0.39 is 31.9 Å². The SMILES string of the molecule is COC(=O)CCCS(=O)(=O)NC1CCS(=O)(=O)C1. The Bertz CT molecular complexity index is 495. The van der Waals surface area contributed by atoms with Gasteiger partial charge in [0.1, 0.15) is 0 Å². The lowest BCUT2D eigenvalue weighted by Crippen LogP contribution is -2.37. The van der Waals surface area contributed by atoms with Crippen LogP contribution in [-0.4, -0.2) is 53.2 Å². The van der Waals surface area contributed by atoms with Crippen LogP contribution in [0.15, 0.2) is 0 Å². The van der Waals surface area contributed by atoms with E-state index >= 15 is 0 Å². The maximum absolute atomic E-state index is 11.6. The van der Waals surface area contributed by atoms with Gasteiger partial charge in [-0.1, -0.05) is 0 Å². The van der Waals surface area contributed by atoms with E-state index in [-0.39, 0.29) is 30.1 Å². The number of hydrogen-bond donors (Lipinski definition) is 1. The molecule has 1 saturated heterocycles. The first-order chi connectivity index (χ1) is 8.24. The van der Waals surface area contributed by atoms with Crippen LogP contribution in [0.3, 0.4) is 0 Å². The fourth-order valence-electron chi connectivity index (χ4n) is 1.71. The van der Waals surface area contributed by atoms with Crippen LogP contribution in [0.25, 0.3) is 0 Å². The van der Waals surface area contributed by atoms with E-state index in [1.54, 1.807) is 0 Å². The number of methoxy groups -OCH3 is 1. The topological polar surface area (TPSA) is 107 Å². The molecule has 0 aliphatic carbocycles. The van der Waals surface area contributed by atoms with E-state index in [1.807, 2.05) is 0 Å². The van der Waals surface area contributed by atoms with E-state index in [0.717, 1.165) is 0 Å². The van der Waals surface area contributed by atoms with Crippen molar-refractivity contribution in [2.75, 3.05) is 24.4 Å². The van der Waals surface area contributed by atoms with E-state index in [9.17, 15) is 21.6 Å². The Kier molecular flexibility index (Phi) is 5.11. The van der Waals surface area contributed by atoms with Crippen LogP contribution in [0.2, 0.25) is 0 Å². The van der Waals surface area contributed by atoms with Crippen molar-refractivity contribution in [3.05, 3.63) is 0 Å². The predicted molar refractivity (Wildman–Crippen MR) is 65.2 cm³/mol. The molecule has 1 heterocycles. The lowest BCUT2D eigenvalue weighted by Gasteiger charge is -2.10. The number of carbonyl (C=O) groups is 1. The molecule has 0 amide bonds. The molecule has 1 N–H and O–H groups in total. The van der Waals surface area contributed by atoms with Crippen molar-refractivity contribution in [2.24, 2.45) is 0 Å². The third-order valence-corrected chi connectivity index (χ3v) is 5.89. The molecule has 0 radical (unpaired) electrons. The Morgan fingerprint density at radius 3 is 2.61 bits per heavy atom. The molecule has 1 aliphatic rings. The quantitative estimate of drug-likeness (QED) is 0.633. The second-order valence-corrected chi connectivity index (χ2v) is 8.32. The number of sulfone groups is 1. The van der Waals surface area contributed by atoms with Gasteiger partial charge in [0.05, 0.1) is 24.4 Å². The fourth-order valence-corrected chi connectivity index (χ4v) is 4.84. The van der Waals surface area contributed by atoms with Crippen molar-refractivity contribution < 1.29 is 26.4 Å². The lowest BCUT2D eigenvalue weighted by molar-refractivity contribution is -0.140. The molecule has 7 nitrogen and oxygen atoms in total. The molecule has 0 saturated carbocycles. The number of nitrogens with one attached hydrogen (secondary N) is 1. The molecule has 0 aromatic heterocycles. The molecule has 1 aliphatic heterocycles. The standard InChI is InChI=1S/C9H17NO6S2/c1-16-9(11)3-2-5-18(14,15)10-8-4-6-17(12,13)7-8/h8,10H,2-7H2,1H3. The van der Waals surface area contributed by atoms with E-state index in [4.69, 9.17) is 0 Å². The molecule has 1 rings (SSSR count). The summed E-state index contributed by atoms with van der Waals surface area (Å²) in [6.45, 7) is 0. The number of carbonyl (C=O) groups excluding carboxylic acids is 1. The first-order valence-corrected chi connectivity index (χ1v) is 8.99. The highest BCUT2D eigenvalue weighted by molar-refractivity contribution is 7.92. The summed E-state index contributed by atoms with van der Waals surface area (Å²) in [6.07, 6.45) is 0.487. The highest BCUT2D eigenvalue weighted by Crippen LogP contribution is 2.12. The molecule has 18 heavy (non-hydrogen) atoms. The Morgan fingerprint density at radius 1 is 1.44 bits per heavy atom. The molecular formula is C9H17NO6S2. The van der Waals surface area contributed by atoms with Crippen LogP contribution in [0, 0.1) is 0 Å². The van der Waals surface area contributed by atoms with Gasteiger partial charge in [-0.3, -0.25) is 4.79 Å². The summed E-state index contributed by atoms with van der Waals surface area (Å²) in [4.78, 5) is 10.8. The van der Waals surface area contributed by atoms with Crippen molar-refractivity contribution >= 4 is 25.8 Å². The van der Waals surface area contributed by atoms with E-state index in [0.29, 0.717) is 6.42 Å². The van der Waals surface area contributed by atoms with Crippen LogP contribution in [0.5, 0.6) is 0 Å². The monoisotopic (exact) mass is 299 g/mol. The summed E-state index contributed by atoms with van der Waals surface area (Å²) in [7, 11) is -5.41. The molecule has 1 fully saturated rings. The first kappa shape index (κ1) is 15.4. The molecule has 0 aromatic rings. The second kappa shape index (κ2) is 5.98. The second-order valence-electron chi connectivity index (χ2n) is 4.22. The van der Waals surface area contributed by atoms with Crippen molar-refractivity contribution in [3.8, 4) is 0 Å². The molecule has 106 valence electrons. The summed E-state index contributed by atoms with van der Waals surface area (Å²) in [5, 5.41) is 0. The predicted octanol–water partition coefficient (Wildman–Crippen LogP) is -0.954. The Morgan fingerprint density at radius 2 is 2.11 bits per heavy atom. The smallest absolute Gasteiger partial charge is 0.305 e. The fraction of sp³-hybridized carbons (Fsp3) is 0.889. The zero-order valence-corrected chi connectivity index (χ0v) is 11.7. The zero-order valence-electron chi connectivity index (χ0n) is 10.1. The van der Waals surface area contributed by atoms with Gasteiger partial charge < -0.3 is 4.74 Å². The van der Waals surface area contributed by atoms with Gasteiger partial charge in [-0.2, -0.15) is 0 Å². The minimum Gasteiger partial charge on any atom is -0.469 e.